The zero-order valence-corrected chi connectivity index (χ0v) is 11.8. The van der Waals surface area contributed by atoms with Crippen molar-refractivity contribution in [2.75, 3.05) is 19.3 Å². The molecule has 2 aromatic carbocycles. The standard InChI is InChI=1S/C17H21FN2/c1-20(13-14-8-10-16(18)11-9-14)12-4-6-15-5-2-3-7-17(15)19/h2-3,5,7-11H,4,6,12-13,19H2,1H3. The Balaban J connectivity index is 1.76. The molecule has 0 atom stereocenters. The third kappa shape index (κ3) is 4.35. The SMILES string of the molecule is CN(CCCc1ccccc1N)Cc1ccc(F)cc1. The Hall–Kier alpha value is -1.87. The molecule has 2 nitrogen and oxygen atoms in total. The van der Waals surface area contributed by atoms with Crippen LogP contribution in [0.1, 0.15) is 17.5 Å². The molecule has 0 bridgehead atoms. The Morgan fingerprint density at radius 3 is 2.45 bits per heavy atom. The number of aryl methyl sites for hydroxylation is 1. The van der Waals surface area contributed by atoms with Gasteiger partial charge in [0.2, 0.25) is 0 Å². The van der Waals surface area contributed by atoms with Crippen LogP contribution in [0.2, 0.25) is 0 Å². The first-order valence-corrected chi connectivity index (χ1v) is 6.91. The second-order valence-corrected chi connectivity index (χ2v) is 5.17. The van der Waals surface area contributed by atoms with Gasteiger partial charge in [-0.15, -0.1) is 0 Å². The third-order valence-corrected chi connectivity index (χ3v) is 3.41. The fourth-order valence-electron chi connectivity index (χ4n) is 2.28. The van der Waals surface area contributed by atoms with Crippen LogP contribution < -0.4 is 5.73 Å². The van der Waals surface area contributed by atoms with Gasteiger partial charge in [0.05, 0.1) is 0 Å². The minimum atomic E-state index is -0.184. The zero-order valence-electron chi connectivity index (χ0n) is 11.8. The van der Waals surface area contributed by atoms with E-state index in [1.54, 1.807) is 0 Å². The molecule has 0 aliphatic heterocycles. The largest absolute Gasteiger partial charge is 0.399 e. The molecule has 0 radical (unpaired) electrons. The van der Waals surface area contributed by atoms with Crippen LogP contribution in [0.5, 0.6) is 0 Å². The summed E-state index contributed by atoms with van der Waals surface area (Å²) in [5, 5.41) is 0. The molecule has 0 spiro atoms. The van der Waals surface area contributed by atoms with Crippen molar-refractivity contribution >= 4 is 5.69 Å². The highest BCUT2D eigenvalue weighted by Crippen LogP contribution is 2.13. The van der Waals surface area contributed by atoms with Gasteiger partial charge in [0, 0.05) is 12.2 Å². The molecular formula is C17H21FN2. The van der Waals surface area contributed by atoms with Gasteiger partial charge in [-0.3, -0.25) is 0 Å². The minimum absolute atomic E-state index is 0.184. The number of nitrogens with zero attached hydrogens (tertiary/aromatic N) is 1. The fraction of sp³-hybridized carbons (Fsp3) is 0.294. The van der Waals surface area contributed by atoms with Crippen LogP contribution in [0.4, 0.5) is 10.1 Å². The van der Waals surface area contributed by atoms with Crippen molar-refractivity contribution < 1.29 is 4.39 Å². The highest BCUT2D eigenvalue weighted by atomic mass is 19.1. The van der Waals surface area contributed by atoms with Gasteiger partial charge < -0.3 is 10.6 Å². The molecule has 0 fully saturated rings. The Morgan fingerprint density at radius 2 is 1.75 bits per heavy atom. The lowest BCUT2D eigenvalue weighted by Crippen LogP contribution is -2.19. The number of anilines is 1. The van der Waals surface area contributed by atoms with Crippen LogP contribution in [-0.2, 0) is 13.0 Å². The molecule has 3 heteroatoms. The Labute approximate surface area is 120 Å². The van der Waals surface area contributed by atoms with E-state index in [-0.39, 0.29) is 5.82 Å². The predicted molar refractivity (Wildman–Crippen MR) is 81.9 cm³/mol. The third-order valence-electron chi connectivity index (χ3n) is 3.41. The number of para-hydroxylation sites is 1. The number of hydrogen-bond acceptors (Lipinski definition) is 2. The zero-order chi connectivity index (χ0) is 14.4. The van der Waals surface area contributed by atoms with E-state index in [1.807, 2.05) is 30.3 Å². The lowest BCUT2D eigenvalue weighted by molar-refractivity contribution is 0.322. The number of hydrogen-bond donors (Lipinski definition) is 1. The maximum Gasteiger partial charge on any atom is 0.123 e. The van der Waals surface area contributed by atoms with Crippen LogP contribution in [0.3, 0.4) is 0 Å². The van der Waals surface area contributed by atoms with Gasteiger partial charge in [0.25, 0.3) is 0 Å². The molecule has 0 saturated carbocycles. The quantitative estimate of drug-likeness (QED) is 0.816. The predicted octanol–water partition coefficient (Wildman–Crippen LogP) is 3.47. The molecule has 0 saturated heterocycles. The fourth-order valence-corrected chi connectivity index (χ4v) is 2.28. The summed E-state index contributed by atoms with van der Waals surface area (Å²) in [5.74, 6) is -0.184. The maximum atomic E-state index is 12.8. The first-order valence-electron chi connectivity index (χ1n) is 6.91. The van der Waals surface area contributed by atoms with E-state index in [2.05, 4.69) is 18.0 Å². The monoisotopic (exact) mass is 272 g/mol. The van der Waals surface area contributed by atoms with Gasteiger partial charge in [-0.1, -0.05) is 30.3 Å². The molecule has 2 N–H and O–H groups in total. The van der Waals surface area contributed by atoms with Gasteiger partial charge in [0.1, 0.15) is 5.82 Å². The molecule has 2 aromatic rings. The lowest BCUT2D eigenvalue weighted by Gasteiger charge is -2.17. The van der Waals surface area contributed by atoms with Gasteiger partial charge >= 0.3 is 0 Å². The molecule has 2 rings (SSSR count). The first-order chi connectivity index (χ1) is 9.65. The summed E-state index contributed by atoms with van der Waals surface area (Å²) in [7, 11) is 2.08. The second kappa shape index (κ2) is 7.06. The Kier molecular flexibility index (Phi) is 5.13. The Morgan fingerprint density at radius 1 is 1.05 bits per heavy atom. The van der Waals surface area contributed by atoms with Crippen molar-refractivity contribution in [1.82, 2.24) is 4.90 Å². The van der Waals surface area contributed by atoms with Crippen LogP contribution in [0.15, 0.2) is 48.5 Å². The summed E-state index contributed by atoms with van der Waals surface area (Å²) in [4.78, 5) is 2.24. The van der Waals surface area contributed by atoms with Crippen LogP contribution in [0.25, 0.3) is 0 Å². The normalized spacial score (nSPS) is 10.9. The summed E-state index contributed by atoms with van der Waals surface area (Å²) in [6.45, 7) is 1.83. The van der Waals surface area contributed by atoms with E-state index < -0.39 is 0 Å². The summed E-state index contributed by atoms with van der Waals surface area (Å²) in [5.41, 5.74) is 9.14. The molecule has 0 amide bonds. The van der Waals surface area contributed by atoms with E-state index >= 15 is 0 Å². The molecule has 106 valence electrons. The summed E-state index contributed by atoms with van der Waals surface area (Å²) in [6, 6.07) is 14.7. The highest BCUT2D eigenvalue weighted by molar-refractivity contribution is 5.46. The number of nitrogen functional groups attached to an aromatic ring is 1. The van der Waals surface area contributed by atoms with Gasteiger partial charge in [-0.25, -0.2) is 4.39 Å². The summed E-state index contributed by atoms with van der Waals surface area (Å²) >= 11 is 0. The molecule has 0 aliphatic carbocycles. The van der Waals surface area contributed by atoms with E-state index in [0.717, 1.165) is 37.2 Å². The number of benzene rings is 2. The Bertz CT molecular complexity index is 537. The van der Waals surface area contributed by atoms with E-state index in [1.165, 1.54) is 17.7 Å². The van der Waals surface area contributed by atoms with E-state index in [0.29, 0.717) is 0 Å². The molecular weight excluding hydrogens is 251 g/mol. The average molecular weight is 272 g/mol. The second-order valence-electron chi connectivity index (χ2n) is 5.17. The molecule has 0 heterocycles. The first kappa shape index (κ1) is 14.5. The van der Waals surface area contributed by atoms with Crippen molar-refractivity contribution in [1.29, 1.82) is 0 Å². The molecule has 0 aliphatic rings. The maximum absolute atomic E-state index is 12.8. The van der Waals surface area contributed by atoms with E-state index in [9.17, 15) is 4.39 Å². The summed E-state index contributed by atoms with van der Waals surface area (Å²) < 4.78 is 12.8. The molecule has 20 heavy (non-hydrogen) atoms. The van der Waals surface area contributed by atoms with Crippen molar-refractivity contribution in [3.63, 3.8) is 0 Å². The smallest absolute Gasteiger partial charge is 0.123 e. The number of halogens is 1. The summed E-state index contributed by atoms with van der Waals surface area (Å²) in [6.07, 6.45) is 2.05. The minimum Gasteiger partial charge on any atom is -0.399 e. The van der Waals surface area contributed by atoms with Crippen molar-refractivity contribution in [2.45, 2.75) is 19.4 Å². The molecule has 0 unspecified atom stereocenters. The van der Waals surface area contributed by atoms with Crippen molar-refractivity contribution in [3.8, 4) is 0 Å². The number of nitrogens with two attached hydrogens (primary N) is 1. The van der Waals surface area contributed by atoms with E-state index in [4.69, 9.17) is 5.73 Å². The van der Waals surface area contributed by atoms with Crippen molar-refractivity contribution in [2.24, 2.45) is 0 Å². The molecule has 0 aromatic heterocycles. The van der Waals surface area contributed by atoms with Crippen LogP contribution in [-0.4, -0.2) is 18.5 Å². The van der Waals surface area contributed by atoms with Gasteiger partial charge in [-0.05, 0) is 55.8 Å². The van der Waals surface area contributed by atoms with Crippen molar-refractivity contribution in [3.05, 3.63) is 65.5 Å². The highest BCUT2D eigenvalue weighted by Gasteiger charge is 2.02. The topological polar surface area (TPSA) is 29.3 Å². The lowest BCUT2D eigenvalue weighted by atomic mass is 10.1. The van der Waals surface area contributed by atoms with Crippen LogP contribution in [0, 0.1) is 5.82 Å². The number of rotatable bonds is 6. The average Bonchev–Trinajstić information content (AvgIpc) is 2.43. The van der Waals surface area contributed by atoms with Gasteiger partial charge in [0.15, 0.2) is 0 Å². The van der Waals surface area contributed by atoms with Crippen LogP contribution >= 0.6 is 0 Å². The van der Waals surface area contributed by atoms with Gasteiger partial charge in [-0.2, -0.15) is 0 Å².